The molecule has 0 unspecified atom stereocenters. The van der Waals surface area contributed by atoms with Crippen LogP contribution >= 0.6 is 11.3 Å². The maximum atomic E-state index is 12.7. The zero-order valence-corrected chi connectivity index (χ0v) is 15.9. The number of ether oxygens (including phenoxy) is 3. The third-order valence-corrected chi connectivity index (χ3v) is 4.83. The van der Waals surface area contributed by atoms with Crippen LogP contribution in [0.1, 0.15) is 21.7 Å². The second-order valence-corrected chi connectivity index (χ2v) is 6.51. The maximum Gasteiger partial charge on any atom is 0.203 e. The molecule has 3 rings (SSSR count). The van der Waals surface area contributed by atoms with Gasteiger partial charge in [-0.3, -0.25) is 9.36 Å². The first kappa shape index (κ1) is 18.0. The monoisotopic (exact) mass is 372 g/mol. The summed E-state index contributed by atoms with van der Waals surface area (Å²) in [6, 6.07) is 7.18. The highest BCUT2D eigenvalue weighted by Crippen LogP contribution is 2.36. The van der Waals surface area contributed by atoms with Gasteiger partial charge in [0.15, 0.2) is 23.2 Å². The zero-order chi connectivity index (χ0) is 18.7. The molecule has 3 aromatic rings. The summed E-state index contributed by atoms with van der Waals surface area (Å²) in [6.07, 6.45) is 1.75. The van der Waals surface area contributed by atoms with Gasteiger partial charge in [-0.05, 0) is 32.0 Å². The average molecular weight is 372 g/mol. The van der Waals surface area contributed by atoms with E-state index in [1.807, 2.05) is 29.9 Å². The smallest absolute Gasteiger partial charge is 0.203 e. The number of hydrogen-bond donors (Lipinski definition) is 0. The summed E-state index contributed by atoms with van der Waals surface area (Å²) < 4.78 is 18.3. The minimum atomic E-state index is -0.117. The highest BCUT2D eigenvalue weighted by Gasteiger charge is 2.20. The molecule has 7 heteroatoms. The van der Waals surface area contributed by atoms with E-state index in [0.29, 0.717) is 22.8 Å². The number of benzene rings is 1. The average Bonchev–Trinajstić information content (AvgIpc) is 3.26. The molecule has 0 aliphatic heterocycles. The molecule has 0 bridgehead atoms. The van der Waals surface area contributed by atoms with Gasteiger partial charge in [0, 0.05) is 28.5 Å². The molecule has 26 heavy (non-hydrogen) atoms. The van der Waals surface area contributed by atoms with Crippen molar-refractivity contribution in [3.63, 3.8) is 0 Å². The standard InChI is InChI=1S/C19H20N2O4S/c1-12-10-14(13(2)21(12)19-20-8-9-26-19)15(22)11-25-18-16(23-3)6-5-7-17(18)24-4/h5-10H,11H2,1-4H3. The number of aromatic nitrogens is 2. The van der Waals surface area contributed by atoms with Gasteiger partial charge in [-0.25, -0.2) is 4.98 Å². The summed E-state index contributed by atoms with van der Waals surface area (Å²) in [4.78, 5) is 17.1. The van der Waals surface area contributed by atoms with Crippen molar-refractivity contribution in [2.75, 3.05) is 20.8 Å². The molecular weight excluding hydrogens is 352 g/mol. The quantitative estimate of drug-likeness (QED) is 0.590. The summed E-state index contributed by atoms with van der Waals surface area (Å²) in [7, 11) is 3.09. The Labute approximate surface area is 156 Å². The van der Waals surface area contributed by atoms with Crippen LogP contribution in [-0.2, 0) is 0 Å². The third kappa shape index (κ3) is 3.30. The van der Waals surface area contributed by atoms with Crippen LogP contribution in [0.15, 0.2) is 35.8 Å². The molecule has 0 atom stereocenters. The molecule has 0 radical (unpaired) electrons. The molecule has 0 N–H and O–H groups in total. The van der Waals surface area contributed by atoms with Crippen molar-refractivity contribution in [2.24, 2.45) is 0 Å². The SMILES string of the molecule is COc1cccc(OC)c1OCC(=O)c1cc(C)n(-c2nccs2)c1C. The normalized spacial score (nSPS) is 10.6. The van der Waals surface area contributed by atoms with Gasteiger partial charge < -0.3 is 14.2 Å². The molecule has 2 aromatic heterocycles. The second-order valence-electron chi connectivity index (χ2n) is 5.64. The number of para-hydroxylation sites is 1. The number of hydrogen-bond acceptors (Lipinski definition) is 6. The van der Waals surface area contributed by atoms with Crippen LogP contribution in [0.25, 0.3) is 5.13 Å². The Kier molecular flexibility index (Phi) is 5.27. The molecular formula is C19H20N2O4S. The summed E-state index contributed by atoms with van der Waals surface area (Å²) in [6.45, 7) is 3.75. The minimum absolute atomic E-state index is 0.112. The predicted octanol–water partition coefficient (Wildman–Crippen LogP) is 3.83. The summed E-state index contributed by atoms with van der Waals surface area (Å²) in [5, 5.41) is 2.75. The number of nitrogens with zero attached hydrogens (tertiary/aromatic N) is 2. The van der Waals surface area contributed by atoms with Crippen LogP contribution < -0.4 is 14.2 Å². The van der Waals surface area contributed by atoms with Crippen LogP contribution in [0.5, 0.6) is 17.2 Å². The Hall–Kier alpha value is -2.80. The number of Topliss-reactive ketones (excluding diaryl/α,β-unsaturated/α-hetero) is 1. The molecule has 0 saturated heterocycles. The molecule has 2 heterocycles. The first-order chi connectivity index (χ1) is 12.6. The molecule has 0 fully saturated rings. The van der Waals surface area contributed by atoms with Crippen molar-refractivity contribution < 1.29 is 19.0 Å². The van der Waals surface area contributed by atoms with E-state index in [9.17, 15) is 4.79 Å². The Morgan fingerprint density at radius 2 is 1.88 bits per heavy atom. The van der Waals surface area contributed by atoms with Crippen molar-refractivity contribution in [2.45, 2.75) is 13.8 Å². The van der Waals surface area contributed by atoms with Crippen LogP contribution in [0.4, 0.5) is 0 Å². The molecule has 6 nitrogen and oxygen atoms in total. The molecule has 0 aliphatic rings. The molecule has 0 saturated carbocycles. The molecule has 1 aromatic carbocycles. The molecule has 0 spiro atoms. The van der Waals surface area contributed by atoms with Gasteiger partial charge in [-0.2, -0.15) is 0 Å². The topological polar surface area (TPSA) is 62.6 Å². The lowest BCUT2D eigenvalue weighted by Crippen LogP contribution is -2.13. The summed E-state index contributed by atoms with van der Waals surface area (Å²) >= 11 is 1.53. The number of thiazole rings is 1. The predicted molar refractivity (Wildman–Crippen MR) is 100 cm³/mol. The van der Waals surface area contributed by atoms with E-state index >= 15 is 0 Å². The Balaban J connectivity index is 1.83. The van der Waals surface area contributed by atoms with Crippen LogP contribution in [0.2, 0.25) is 0 Å². The van der Waals surface area contributed by atoms with E-state index in [1.165, 1.54) is 11.3 Å². The van der Waals surface area contributed by atoms with Crippen molar-refractivity contribution in [1.82, 2.24) is 9.55 Å². The molecule has 0 amide bonds. The van der Waals surface area contributed by atoms with Gasteiger partial charge >= 0.3 is 0 Å². The third-order valence-electron chi connectivity index (χ3n) is 4.07. The largest absolute Gasteiger partial charge is 0.493 e. The highest BCUT2D eigenvalue weighted by molar-refractivity contribution is 7.12. The number of carbonyl (C=O) groups excluding carboxylic acids is 1. The van der Waals surface area contributed by atoms with Gasteiger partial charge in [0.25, 0.3) is 0 Å². The number of aryl methyl sites for hydroxylation is 1. The van der Waals surface area contributed by atoms with Gasteiger partial charge in [0.1, 0.15) is 0 Å². The van der Waals surface area contributed by atoms with E-state index in [0.717, 1.165) is 16.5 Å². The number of ketones is 1. The Morgan fingerprint density at radius 1 is 1.19 bits per heavy atom. The second kappa shape index (κ2) is 7.61. The highest BCUT2D eigenvalue weighted by atomic mass is 32.1. The minimum Gasteiger partial charge on any atom is -0.493 e. The number of rotatable bonds is 7. The first-order valence-electron chi connectivity index (χ1n) is 8.02. The van der Waals surface area contributed by atoms with Crippen LogP contribution in [0, 0.1) is 13.8 Å². The lowest BCUT2D eigenvalue weighted by Gasteiger charge is -2.13. The fraction of sp³-hybridized carbons (Fsp3) is 0.263. The zero-order valence-electron chi connectivity index (χ0n) is 15.1. The summed E-state index contributed by atoms with van der Waals surface area (Å²) in [5.41, 5.74) is 2.42. The van der Waals surface area contributed by atoms with E-state index in [1.54, 1.807) is 38.6 Å². The summed E-state index contributed by atoms with van der Waals surface area (Å²) in [5.74, 6) is 1.34. The lowest BCUT2D eigenvalue weighted by atomic mass is 10.1. The Morgan fingerprint density at radius 3 is 2.46 bits per heavy atom. The van der Waals surface area contributed by atoms with E-state index < -0.39 is 0 Å². The van der Waals surface area contributed by atoms with E-state index in [2.05, 4.69) is 4.98 Å². The van der Waals surface area contributed by atoms with Crippen molar-refractivity contribution in [3.05, 3.63) is 52.8 Å². The van der Waals surface area contributed by atoms with Gasteiger partial charge in [0.2, 0.25) is 11.5 Å². The van der Waals surface area contributed by atoms with Gasteiger partial charge in [-0.15, -0.1) is 11.3 Å². The van der Waals surface area contributed by atoms with Gasteiger partial charge in [-0.1, -0.05) is 6.07 Å². The lowest BCUT2D eigenvalue weighted by molar-refractivity contribution is 0.0916. The van der Waals surface area contributed by atoms with E-state index in [4.69, 9.17) is 14.2 Å². The van der Waals surface area contributed by atoms with Crippen molar-refractivity contribution in [1.29, 1.82) is 0 Å². The van der Waals surface area contributed by atoms with Gasteiger partial charge in [0.05, 0.1) is 14.2 Å². The maximum absolute atomic E-state index is 12.7. The fourth-order valence-corrected chi connectivity index (χ4v) is 3.59. The molecule has 136 valence electrons. The van der Waals surface area contributed by atoms with Crippen LogP contribution in [-0.4, -0.2) is 36.2 Å². The fourth-order valence-electron chi connectivity index (χ4n) is 2.84. The van der Waals surface area contributed by atoms with Crippen molar-refractivity contribution in [3.8, 4) is 22.4 Å². The number of methoxy groups -OCH3 is 2. The van der Waals surface area contributed by atoms with E-state index in [-0.39, 0.29) is 12.4 Å². The Bertz CT molecular complexity index is 894. The number of carbonyl (C=O) groups is 1. The van der Waals surface area contributed by atoms with Crippen molar-refractivity contribution >= 4 is 17.1 Å². The van der Waals surface area contributed by atoms with Crippen LogP contribution in [0.3, 0.4) is 0 Å². The first-order valence-corrected chi connectivity index (χ1v) is 8.90. The molecule has 0 aliphatic carbocycles.